The molecule has 30 heavy (non-hydrogen) atoms. The van der Waals surface area contributed by atoms with Crippen LogP contribution in [-0.2, 0) is 7.05 Å². The highest BCUT2D eigenvalue weighted by atomic mass is 35.5. The summed E-state index contributed by atoms with van der Waals surface area (Å²) in [6.07, 6.45) is 1.50. The summed E-state index contributed by atoms with van der Waals surface area (Å²) in [5.41, 5.74) is 2.58. The zero-order chi connectivity index (χ0) is 21.3. The molecule has 3 aromatic heterocycles. The number of halogens is 1. The van der Waals surface area contributed by atoms with Crippen molar-refractivity contribution in [3.63, 3.8) is 0 Å². The summed E-state index contributed by atoms with van der Waals surface area (Å²) >= 11 is 7.69. The van der Waals surface area contributed by atoms with Crippen molar-refractivity contribution in [1.82, 2.24) is 19.7 Å². The molecule has 0 radical (unpaired) electrons. The Morgan fingerprint density at radius 1 is 1.30 bits per heavy atom. The minimum absolute atomic E-state index is 0.0469. The number of non-ortho nitro benzene ring substituents is 1. The number of nitrogens with one attached hydrogen (secondary N) is 1. The summed E-state index contributed by atoms with van der Waals surface area (Å²) in [4.78, 5) is 19.7. The van der Waals surface area contributed by atoms with Crippen LogP contribution in [0.5, 0.6) is 5.88 Å². The maximum Gasteiger partial charge on any atom is 0.269 e. The maximum atomic E-state index is 10.9. The van der Waals surface area contributed by atoms with Crippen LogP contribution in [0.25, 0.3) is 21.5 Å². The summed E-state index contributed by atoms with van der Waals surface area (Å²) in [5, 5.41) is 21.8. The molecule has 0 aliphatic heterocycles. The molecule has 4 rings (SSSR count). The Balaban J connectivity index is 1.44. The van der Waals surface area contributed by atoms with Crippen molar-refractivity contribution in [3.8, 4) is 17.1 Å². The number of hydrogen-bond acceptors (Lipinski definition) is 8. The molecule has 0 aliphatic carbocycles. The molecule has 3 heterocycles. The molecule has 0 atom stereocenters. The van der Waals surface area contributed by atoms with Crippen molar-refractivity contribution in [1.29, 1.82) is 0 Å². The van der Waals surface area contributed by atoms with Crippen LogP contribution in [0.15, 0.2) is 36.0 Å². The molecular formula is C19H17ClN6O3S. The Bertz CT molecular complexity index is 1220. The summed E-state index contributed by atoms with van der Waals surface area (Å²) in [6, 6.07) is 6.37. The van der Waals surface area contributed by atoms with Gasteiger partial charge in [0.2, 0.25) is 5.88 Å². The zero-order valence-corrected chi connectivity index (χ0v) is 17.7. The number of anilines is 1. The van der Waals surface area contributed by atoms with Crippen LogP contribution >= 0.6 is 22.9 Å². The molecule has 0 saturated heterocycles. The average molecular weight is 445 g/mol. The van der Waals surface area contributed by atoms with Gasteiger partial charge in [0, 0.05) is 35.7 Å². The number of nitro groups is 1. The number of rotatable bonds is 7. The third-order valence-electron chi connectivity index (χ3n) is 4.55. The molecule has 9 nitrogen and oxygen atoms in total. The lowest BCUT2D eigenvalue weighted by Crippen LogP contribution is -2.13. The quantitative estimate of drug-likeness (QED) is 0.255. The van der Waals surface area contributed by atoms with Crippen molar-refractivity contribution >= 4 is 44.7 Å². The van der Waals surface area contributed by atoms with Crippen molar-refractivity contribution in [2.75, 3.05) is 18.5 Å². The van der Waals surface area contributed by atoms with E-state index in [1.54, 1.807) is 16.8 Å². The molecule has 154 valence electrons. The highest BCUT2D eigenvalue weighted by molar-refractivity contribution is 7.17. The molecule has 1 aromatic carbocycles. The van der Waals surface area contributed by atoms with E-state index in [1.165, 1.54) is 29.8 Å². The van der Waals surface area contributed by atoms with E-state index < -0.39 is 4.92 Å². The Labute approximate surface area is 180 Å². The second kappa shape index (κ2) is 8.25. The smallest absolute Gasteiger partial charge is 0.269 e. The standard InChI is InChI=1S/C19H17ClN6O3S/c1-11-16(12-3-5-13(6-4-12)26(27)28)25(2)24-18(11)29-8-7-21-17-15-14(20)9-30-19(15)23-10-22-17/h3-6,9-10H,7-8H2,1-2H3,(H,21,22,23). The molecule has 0 spiro atoms. The van der Waals surface area contributed by atoms with Gasteiger partial charge in [-0.15, -0.1) is 16.4 Å². The van der Waals surface area contributed by atoms with Gasteiger partial charge < -0.3 is 10.1 Å². The predicted octanol–water partition coefficient (Wildman–Crippen LogP) is 4.45. The first kappa shape index (κ1) is 20.0. The normalized spacial score (nSPS) is 11.0. The van der Waals surface area contributed by atoms with Crippen LogP contribution in [0, 0.1) is 17.0 Å². The van der Waals surface area contributed by atoms with Crippen LogP contribution in [0.3, 0.4) is 0 Å². The monoisotopic (exact) mass is 444 g/mol. The summed E-state index contributed by atoms with van der Waals surface area (Å²) in [7, 11) is 1.81. The van der Waals surface area contributed by atoms with E-state index >= 15 is 0 Å². The van der Waals surface area contributed by atoms with E-state index in [4.69, 9.17) is 16.3 Å². The second-order valence-corrected chi connectivity index (χ2v) is 7.73. The minimum Gasteiger partial charge on any atom is -0.475 e. The predicted molar refractivity (Wildman–Crippen MR) is 116 cm³/mol. The molecular weight excluding hydrogens is 428 g/mol. The average Bonchev–Trinajstić information content (AvgIpc) is 3.25. The van der Waals surface area contributed by atoms with Gasteiger partial charge in [0.25, 0.3) is 5.69 Å². The molecule has 0 amide bonds. The largest absolute Gasteiger partial charge is 0.475 e. The topological polar surface area (TPSA) is 108 Å². The van der Waals surface area contributed by atoms with Crippen molar-refractivity contribution in [3.05, 3.63) is 56.7 Å². The lowest BCUT2D eigenvalue weighted by molar-refractivity contribution is -0.384. The van der Waals surface area contributed by atoms with Crippen molar-refractivity contribution in [2.45, 2.75) is 6.92 Å². The van der Waals surface area contributed by atoms with Gasteiger partial charge in [0.15, 0.2) is 0 Å². The second-order valence-electron chi connectivity index (χ2n) is 6.47. The summed E-state index contributed by atoms with van der Waals surface area (Å²) in [5.74, 6) is 1.17. The number of benzene rings is 1. The maximum absolute atomic E-state index is 10.9. The van der Waals surface area contributed by atoms with E-state index in [-0.39, 0.29) is 5.69 Å². The van der Waals surface area contributed by atoms with E-state index in [0.717, 1.165) is 27.0 Å². The number of aromatic nitrogens is 4. The molecule has 1 N–H and O–H groups in total. The third-order valence-corrected chi connectivity index (χ3v) is 5.86. The van der Waals surface area contributed by atoms with Gasteiger partial charge in [-0.1, -0.05) is 11.6 Å². The lowest BCUT2D eigenvalue weighted by Gasteiger charge is -2.08. The molecule has 4 aromatic rings. The van der Waals surface area contributed by atoms with Crippen LogP contribution in [-0.4, -0.2) is 37.8 Å². The van der Waals surface area contributed by atoms with Crippen molar-refractivity contribution in [2.24, 2.45) is 7.05 Å². The lowest BCUT2D eigenvalue weighted by atomic mass is 10.1. The zero-order valence-electron chi connectivity index (χ0n) is 16.1. The highest BCUT2D eigenvalue weighted by Gasteiger charge is 2.16. The number of hydrogen-bond donors (Lipinski definition) is 1. The van der Waals surface area contributed by atoms with Gasteiger partial charge in [-0.3, -0.25) is 14.8 Å². The van der Waals surface area contributed by atoms with Crippen LogP contribution in [0.1, 0.15) is 5.56 Å². The number of nitrogens with zero attached hydrogens (tertiary/aromatic N) is 5. The number of nitro benzene ring substituents is 1. The van der Waals surface area contributed by atoms with E-state index in [2.05, 4.69) is 20.4 Å². The number of aryl methyl sites for hydroxylation is 1. The van der Waals surface area contributed by atoms with E-state index in [1.807, 2.05) is 19.4 Å². The first-order valence-corrected chi connectivity index (χ1v) is 10.2. The van der Waals surface area contributed by atoms with Crippen LogP contribution in [0.4, 0.5) is 11.5 Å². The van der Waals surface area contributed by atoms with Gasteiger partial charge in [0.1, 0.15) is 23.6 Å². The minimum atomic E-state index is -0.421. The summed E-state index contributed by atoms with van der Waals surface area (Å²) in [6.45, 7) is 2.78. The van der Waals surface area contributed by atoms with E-state index in [0.29, 0.717) is 29.9 Å². The number of ether oxygens (including phenoxy) is 1. The Kier molecular flexibility index (Phi) is 5.51. The Morgan fingerprint density at radius 2 is 2.07 bits per heavy atom. The fourth-order valence-corrected chi connectivity index (χ4v) is 4.31. The molecule has 0 bridgehead atoms. The number of thiophene rings is 1. The van der Waals surface area contributed by atoms with Gasteiger partial charge in [0.05, 0.1) is 27.6 Å². The fraction of sp³-hybridized carbons (Fsp3) is 0.211. The van der Waals surface area contributed by atoms with Gasteiger partial charge in [-0.2, -0.15) is 0 Å². The fourth-order valence-electron chi connectivity index (χ4n) is 3.18. The van der Waals surface area contributed by atoms with Crippen LogP contribution in [0.2, 0.25) is 5.02 Å². The first-order valence-electron chi connectivity index (χ1n) is 8.98. The van der Waals surface area contributed by atoms with Gasteiger partial charge in [-0.05, 0) is 19.1 Å². The Morgan fingerprint density at radius 3 is 2.80 bits per heavy atom. The molecule has 0 saturated carbocycles. The Hall–Kier alpha value is -3.24. The first-order chi connectivity index (χ1) is 14.5. The number of fused-ring (bicyclic) bond motifs is 1. The van der Waals surface area contributed by atoms with E-state index in [9.17, 15) is 10.1 Å². The van der Waals surface area contributed by atoms with Gasteiger partial charge in [-0.25, -0.2) is 9.97 Å². The molecule has 0 fully saturated rings. The van der Waals surface area contributed by atoms with Crippen LogP contribution < -0.4 is 10.1 Å². The van der Waals surface area contributed by atoms with Gasteiger partial charge >= 0.3 is 0 Å². The van der Waals surface area contributed by atoms with Crippen molar-refractivity contribution < 1.29 is 9.66 Å². The molecule has 11 heteroatoms. The third kappa shape index (κ3) is 3.79. The molecule has 0 aliphatic rings. The summed E-state index contributed by atoms with van der Waals surface area (Å²) < 4.78 is 7.56. The molecule has 0 unspecified atom stereocenters. The SMILES string of the molecule is Cc1c(OCCNc2ncnc3scc(Cl)c23)nn(C)c1-c1ccc([N+](=O)[O-])cc1. The highest BCUT2D eigenvalue weighted by Crippen LogP contribution is 2.33.